The molecular formula is C25H53N2O2PS2. The van der Waals surface area contributed by atoms with Crippen LogP contribution in [-0.2, 0) is 9.53 Å². The van der Waals surface area contributed by atoms with Crippen LogP contribution in [0.25, 0.3) is 0 Å². The number of thioether (sulfide) groups is 1. The molecule has 0 aromatic carbocycles. The lowest BCUT2D eigenvalue weighted by atomic mass is 10.00. The standard InChI is InChI=1S/C25H53N2O2PS2/c1-18(2)26(19(3)4)30(27(20(5)6)21(7)8)32-25(14,15)16-29-24(12,13)17-31-22(28)23(9,10)11/h18-21H,16-17H2,1-15H3. The van der Waals surface area contributed by atoms with Gasteiger partial charge in [0, 0.05) is 40.1 Å². The molecule has 192 valence electrons. The molecule has 0 bridgehead atoms. The van der Waals surface area contributed by atoms with E-state index in [0.717, 1.165) is 0 Å². The van der Waals surface area contributed by atoms with Crippen molar-refractivity contribution in [2.45, 2.75) is 138 Å². The number of carbonyl (C=O) groups excluding carboxylic acids is 1. The first kappa shape index (κ1) is 32.7. The molecular weight excluding hydrogens is 455 g/mol. The second kappa shape index (κ2) is 13.1. The van der Waals surface area contributed by atoms with Crippen LogP contribution in [0.1, 0.15) is 104 Å². The van der Waals surface area contributed by atoms with E-state index in [1.165, 1.54) is 11.8 Å². The molecule has 0 aliphatic carbocycles. The topological polar surface area (TPSA) is 32.8 Å². The van der Waals surface area contributed by atoms with Crippen molar-refractivity contribution in [1.29, 1.82) is 0 Å². The summed E-state index contributed by atoms with van der Waals surface area (Å²) in [6, 6.07) is 1.89. The molecule has 0 radical (unpaired) electrons. The van der Waals surface area contributed by atoms with Crippen molar-refractivity contribution in [3.63, 3.8) is 0 Å². The van der Waals surface area contributed by atoms with Crippen LogP contribution in [0.3, 0.4) is 0 Å². The average molecular weight is 509 g/mol. The fourth-order valence-electron chi connectivity index (χ4n) is 3.31. The Morgan fingerprint density at radius 3 is 1.47 bits per heavy atom. The highest BCUT2D eigenvalue weighted by Gasteiger charge is 2.38. The van der Waals surface area contributed by atoms with Gasteiger partial charge in [0.1, 0.15) is 7.42 Å². The fraction of sp³-hybridized carbons (Fsp3) is 0.960. The van der Waals surface area contributed by atoms with Crippen LogP contribution in [0.5, 0.6) is 0 Å². The molecule has 0 amide bonds. The molecule has 4 nitrogen and oxygen atoms in total. The van der Waals surface area contributed by atoms with Crippen molar-refractivity contribution in [3.8, 4) is 0 Å². The maximum atomic E-state index is 12.4. The Morgan fingerprint density at radius 1 is 0.781 bits per heavy atom. The molecule has 0 atom stereocenters. The van der Waals surface area contributed by atoms with Gasteiger partial charge in [-0.25, -0.2) is 0 Å². The van der Waals surface area contributed by atoms with Gasteiger partial charge < -0.3 is 4.74 Å². The number of rotatable bonds is 13. The second-order valence-electron chi connectivity index (χ2n) is 12.1. The summed E-state index contributed by atoms with van der Waals surface area (Å²) in [6.07, 6.45) is 0. The first-order valence-corrected chi connectivity index (χ1v) is 15.7. The zero-order valence-corrected chi connectivity index (χ0v) is 26.2. The summed E-state index contributed by atoms with van der Waals surface area (Å²) < 4.78 is 11.8. The fourth-order valence-corrected chi connectivity index (χ4v) is 11.2. The third kappa shape index (κ3) is 11.4. The quantitative estimate of drug-likeness (QED) is 0.234. The van der Waals surface area contributed by atoms with E-state index < -0.39 is 7.42 Å². The minimum atomic E-state index is -0.570. The molecule has 0 spiro atoms. The van der Waals surface area contributed by atoms with E-state index >= 15 is 0 Å². The molecule has 7 heteroatoms. The molecule has 0 heterocycles. The predicted molar refractivity (Wildman–Crippen MR) is 150 cm³/mol. The Bertz CT molecular complexity index is 537. The lowest BCUT2D eigenvalue weighted by Gasteiger charge is -2.48. The van der Waals surface area contributed by atoms with E-state index in [0.29, 0.717) is 36.5 Å². The van der Waals surface area contributed by atoms with E-state index in [1.807, 2.05) is 20.8 Å². The van der Waals surface area contributed by atoms with Crippen molar-refractivity contribution in [1.82, 2.24) is 9.34 Å². The largest absolute Gasteiger partial charge is 0.373 e. The third-order valence-corrected chi connectivity index (χ3v) is 13.0. The lowest BCUT2D eigenvalue weighted by molar-refractivity contribution is -0.117. The molecule has 0 aliphatic heterocycles. The second-order valence-corrected chi connectivity index (χ2v) is 17.3. The Hall–Kier alpha value is 0.680. The summed E-state index contributed by atoms with van der Waals surface area (Å²) in [5.41, 5.74) is -0.669. The van der Waals surface area contributed by atoms with Gasteiger partial charge in [-0.05, 0) is 83.1 Å². The molecule has 0 aliphatic rings. The first-order chi connectivity index (χ1) is 14.2. The molecule has 0 saturated heterocycles. The van der Waals surface area contributed by atoms with Gasteiger partial charge in [-0.2, -0.15) is 0 Å². The van der Waals surface area contributed by atoms with Gasteiger partial charge in [-0.1, -0.05) is 43.9 Å². The van der Waals surface area contributed by atoms with Crippen molar-refractivity contribution >= 4 is 35.7 Å². The average Bonchev–Trinajstić information content (AvgIpc) is 2.55. The van der Waals surface area contributed by atoms with Crippen LogP contribution in [0, 0.1) is 5.41 Å². The molecule has 0 saturated carbocycles. The highest BCUT2D eigenvalue weighted by Crippen LogP contribution is 2.63. The van der Waals surface area contributed by atoms with E-state index in [-0.39, 0.29) is 20.9 Å². The minimum absolute atomic E-state index is 0.0499. The molecule has 0 unspecified atom stereocenters. The van der Waals surface area contributed by atoms with Crippen LogP contribution < -0.4 is 0 Å². The summed E-state index contributed by atoms with van der Waals surface area (Å²) in [7, 11) is -0.570. The SMILES string of the molecule is CC(C)N(C(C)C)P(SC(C)(C)COC(C)(C)CSC(=O)C(C)(C)C)N(C(C)C)C(C)C. The zero-order valence-electron chi connectivity index (χ0n) is 23.7. The van der Waals surface area contributed by atoms with Gasteiger partial charge in [0.2, 0.25) is 0 Å². The van der Waals surface area contributed by atoms with Crippen molar-refractivity contribution < 1.29 is 9.53 Å². The van der Waals surface area contributed by atoms with E-state index in [9.17, 15) is 4.79 Å². The molecule has 0 aromatic rings. The molecule has 0 rings (SSSR count). The van der Waals surface area contributed by atoms with Crippen LogP contribution >= 0.6 is 30.6 Å². The number of ether oxygens (including phenoxy) is 1. The summed E-state index contributed by atoms with van der Waals surface area (Å²) >= 11 is 3.46. The predicted octanol–water partition coefficient (Wildman–Crippen LogP) is 8.06. The number of hydrogen-bond donors (Lipinski definition) is 0. The molecule has 32 heavy (non-hydrogen) atoms. The summed E-state index contributed by atoms with van der Waals surface area (Å²) in [6.45, 7) is 33.9. The molecule has 0 fully saturated rings. The maximum absolute atomic E-state index is 12.4. The summed E-state index contributed by atoms with van der Waals surface area (Å²) in [5, 5.41) is 0.223. The lowest BCUT2D eigenvalue weighted by Crippen LogP contribution is -2.43. The van der Waals surface area contributed by atoms with Gasteiger partial charge in [0.25, 0.3) is 0 Å². The van der Waals surface area contributed by atoms with Crippen molar-refractivity contribution in [2.24, 2.45) is 5.41 Å². The van der Waals surface area contributed by atoms with Crippen LogP contribution in [-0.4, -0.2) is 61.3 Å². The third-order valence-electron chi connectivity index (χ3n) is 4.81. The van der Waals surface area contributed by atoms with Crippen LogP contribution in [0.15, 0.2) is 0 Å². The molecule has 0 N–H and O–H groups in total. The Morgan fingerprint density at radius 2 is 1.16 bits per heavy atom. The van der Waals surface area contributed by atoms with Gasteiger partial charge in [-0.15, -0.1) is 0 Å². The van der Waals surface area contributed by atoms with Gasteiger partial charge in [-0.3, -0.25) is 14.1 Å². The van der Waals surface area contributed by atoms with E-state index in [1.54, 1.807) is 0 Å². The first-order valence-electron chi connectivity index (χ1n) is 12.1. The van der Waals surface area contributed by atoms with Crippen molar-refractivity contribution in [3.05, 3.63) is 0 Å². The highest BCUT2D eigenvalue weighted by atomic mass is 32.7. The number of nitrogens with zero attached hydrogens (tertiary/aromatic N) is 2. The summed E-state index contributed by atoms with van der Waals surface area (Å²) in [5.74, 6) is 0.673. The Kier molecular flexibility index (Phi) is 13.4. The highest BCUT2D eigenvalue weighted by molar-refractivity contribution is 8.54. The van der Waals surface area contributed by atoms with Crippen molar-refractivity contribution in [2.75, 3.05) is 12.4 Å². The van der Waals surface area contributed by atoms with Crippen LogP contribution in [0.2, 0.25) is 0 Å². The van der Waals surface area contributed by atoms with E-state index in [4.69, 9.17) is 4.74 Å². The van der Waals surface area contributed by atoms with Gasteiger partial charge in [0.05, 0.1) is 12.2 Å². The maximum Gasteiger partial charge on any atom is 0.194 e. The normalized spacial score (nSPS) is 14.3. The van der Waals surface area contributed by atoms with Gasteiger partial charge >= 0.3 is 0 Å². The van der Waals surface area contributed by atoms with Crippen LogP contribution in [0.4, 0.5) is 0 Å². The Labute approximate surface area is 210 Å². The molecule has 0 aromatic heterocycles. The van der Waals surface area contributed by atoms with E-state index in [2.05, 4.69) is 104 Å². The smallest absolute Gasteiger partial charge is 0.194 e. The number of hydrogen-bond acceptors (Lipinski definition) is 6. The van der Waals surface area contributed by atoms with Gasteiger partial charge in [0.15, 0.2) is 5.12 Å². The monoisotopic (exact) mass is 508 g/mol. The zero-order chi connectivity index (χ0) is 25.7. The number of carbonyl (C=O) groups is 1. The Balaban J connectivity index is 5.51. The summed E-state index contributed by atoms with van der Waals surface area (Å²) in [4.78, 5) is 12.4. The minimum Gasteiger partial charge on any atom is -0.373 e.